The molecule has 2 aromatic carbocycles. The van der Waals surface area contributed by atoms with Crippen molar-refractivity contribution in [2.24, 2.45) is 0 Å². The van der Waals surface area contributed by atoms with Crippen LogP contribution in [0.1, 0.15) is 16.1 Å². The molecule has 7 heteroatoms. The van der Waals surface area contributed by atoms with Crippen molar-refractivity contribution in [1.82, 2.24) is 14.5 Å². The molecule has 0 radical (unpaired) electrons. The maximum atomic E-state index is 13.2. The van der Waals surface area contributed by atoms with E-state index in [1.54, 1.807) is 41.1 Å². The molecule has 0 aliphatic carbocycles. The first kappa shape index (κ1) is 18.5. The molecular weight excluding hydrogens is 394 g/mol. The van der Waals surface area contributed by atoms with Crippen LogP contribution in [-0.4, -0.2) is 26.1 Å². The fourth-order valence-corrected chi connectivity index (χ4v) is 4.00. The second kappa shape index (κ2) is 7.66. The Kier molecular flexibility index (Phi) is 5.07. The number of nitrogens with zero attached hydrogens (tertiary/aromatic N) is 2. The number of halogens is 1. The number of thioether (sulfide) groups is 1. The predicted molar refractivity (Wildman–Crippen MR) is 113 cm³/mol. The molecule has 4 aromatic rings. The van der Waals surface area contributed by atoms with E-state index in [0.29, 0.717) is 32.5 Å². The molecule has 0 amide bonds. The second-order valence-corrected chi connectivity index (χ2v) is 7.71. The Morgan fingerprint density at radius 2 is 2.04 bits per heavy atom. The van der Waals surface area contributed by atoms with Crippen LogP contribution in [0, 0.1) is 6.92 Å². The third-order valence-electron chi connectivity index (χ3n) is 4.29. The quantitative estimate of drug-likeness (QED) is 0.296. The molecule has 140 valence electrons. The summed E-state index contributed by atoms with van der Waals surface area (Å²) in [6.45, 7) is 1.96. The molecule has 0 saturated heterocycles. The van der Waals surface area contributed by atoms with Gasteiger partial charge in [0.2, 0.25) is 0 Å². The Hall–Kier alpha value is -2.83. The highest BCUT2D eigenvalue weighted by atomic mass is 35.5. The molecule has 0 fully saturated rings. The first-order valence-electron chi connectivity index (χ1n) is 8.62. The van der Waals surface area contributed by atoms with Gasteiger partial charge >= 0.3 is 0 Å². The minimum absolute atomic E-state index is 0.0637. The number of nitrogens with one attached hydrogen (secondary N) is 1. The number of hydrogen-bond acceptors (Lipinski definition) is 4. The Morgan fingerprint density at radius 3 is 2.79 bits per heavy atom. The van der Waals surface area contributed by atoms with Crippen molar-refractivity contribution in [3.05, 3.63) is 87.4 Å². The predicted octanol–water partition coefficient (Wildman–Crippen LogP) is 4.65. The molecule has 0 atom stereocenters. The molecule has 0 saturated carbocycles. The normalized spacial score (nSPS) is 11.1. The van der Waals surface area contributed by atoms with Gasteiger partial charge in [0.05, 0.1) is 28.0 Å². The third kappa shape index (κ3) is 3.61. The van der Waals surface area contributed by atoms with Crippen molar-refractivity contribution in [1.29, 1.82) is 0 Å². The van der Waals surface area contributed by atoms with Crippen molar-refractivity contribution in [2.45, 2.75) is 12.1 Å². The van der Waals surface area contributed by atoms with Crippen LogP contribution in [0.25, 0.3) is 16.6 Å². The molecule has 28 heavy (non-hydrogen) atoms. The average Bonchev–Trinajstić information content (AvgIpc) is 3.20. The maximum absolute atomic E-state index is 13.2. The Bertz CT molecular complexity index is 1230. The summed E-state index contributed by atoms with van der Waals surface area (Å²) in [5.41, 5.74) is 2.59. The number of H-pyrrole nitrogens is 1. The number of carbonyl (C=O) groups excluding carboxylic acids is 1. The van der Waals surface area contributed by atoms with Gasteiger partial charge in [-0.15, -0.1) is 0 Å². The number of benzene rings is 2. The van der Waals surface area contributed by atoms with Crippen LogP contribution in [-0.2, 0) is 0 Å². The summed E-state index contributed by atoms with van der Waals surface area (Å²) in [6.07, 6.45) is 1.71. The van der Waals surface area contributed by atoms with E-state index in [2.05, 4.69) is 9.97 Å². The number of rotatable bonds is 5. The van der Waals surface area contributed by atoms with Crippen molar-refractivity contribution >= 4 is 40.0 Å². The van der Waals surface area contributed by atoms with Crippen LogP contribution < -0.4 is 5.56 Å². The van der Waals surface area contributed by atoms with Gasteiger partial charge < -0.3 is 4.98 Å². The molecule has 0 aliphatic heterocycles. The fourth-order valence-electron chi connectivity index (χ4n) is 2.94. The number of Topliss-reactive ketones (excluding diaryl/α,β-unsaturated/α-hetero) is 1. The minimum atomic E-state index is -0.193. The second-order valence-electron chi connectivity index (χ2n) is 6.33. The number of hydrogen-bond donors (Lipinski definition) is 1. The van der Waals surface area contributed by atoms with E-state index in [0.717, 1.165) is 5.56 Å². The number of ketones is 1. The highest BCUT2D eigenvalue weighted by Gasteiger charge is 2.16. The molecule has 2 aromatic heterocycles. The van der Waals surface area contributed by atoms with Crippen LogP contribution in [0.4, 0.5) is 0 Å². The molecule has 4 rings (SSSR count). The Labute approximate surface area is 170 Å². The lowest BCUT2D eigenvalue weighted by molar-refractivity contribution is 0.101. The summed E-state index contributed by atoms with van der Waals surface area (Å²) >= 11 is 7.31. The lowest BCUT2D eigenvalue weighted by atomic mass is 10.2. The van der Waals surface area contributed by atoms with Gasteiger partial charge in [-0.3, -0.25) is 14.2 Å². The van der Waals surface area contributed by atoms with Crippen molar-refractivity contribution in [2.75, 3.05) is 5.75 Å². The van der Waals surface area contributed by atoms with Crippen LogP contribution in [0.5, 0.6) is 0 Å². The molecule has 5 nitrogen and oxygen atoms in total. The summed E-state index contributed by atoms with van der Waals surface area (Å²) < 4.78 is 1.55. The zero-order chi connectivity index (χ0) is 19.7. The minimum Gasteiger partial charge on any atom is -0.359 e. The zero-order valence-corrected chi connectivity index (χ0v) is 16.6. The molecular formula is C21H16ClN3O2S. The standard InChI is InChI=1S/C21H16ClN3O2S/c1-13-4-2-5-15(10-13)25-20(27)16-8-7-14(22)11-18(16)24-21(25)28-12-19(26)17-6-3-9-23-17/h2-11,23H,12H2,1H3. The van der Waals surface area contributed by atoms with E-state index < -0.39 is 0 Å². The molecule has 0 bridgehead atoms. The number of aryl methyl sites for hydroxylation is 1. The fraction of sp³-hybridized carbons (Fsp3) is 0.0952. The largest absolute Gasteiger partial charge is 0.359 e. The van der Waals surface area contributed by atoms with Gasteiger partial charge in [0, 0.05) is 11.2 Å². The van der Waals surface area contributed by atoms with Gasteiger partial charge in [-0.05, 0) is 55.0 Å². The van der Waals surface area contributed by atoms with Crippen molar-refractivity contribution < 1.29 is 4.79 Å². The summed E-state index contributed by atoms with van der Waals surface area (Å²) in [5.74, 6) is 0.0939. The number of fused-ring (bicyclic) bond motifs is 1. The smallest absolute Gasteiger partial charge is 0.266 e. The molecule has 0 aliphatic rings. The summed E-state index contributed by atoms with van der Waals surface area (Å²) in [4.78, 5) is 33.2. The number of aromatic nitrogens is 3. The first-order chi connectivity index (χ1) is 13.5. The van der Waals surface area contributed by atoms with E-state index in [9.17, 15) is 9.59 Å². The number of carbonyl (C=O) groups is 1. The molecule has 0 unspecified atom stereocenters. The van der Waals surface area contributed by atoms with E-state index >= 15 is 0 Å². The van der Waals surface area contributed by atoms with E-state index in [1.165, 1.54) is 11.8 Å². The monoisotopic (exact) mass is 409 g/mol. The third-order valence-corrected chi connectivity index (χ3v) is 5.46. The Morgan fingerprint density at radius 1 is 1.18 bits per heavy atom. The Balaban J connectivity index is 1.83. The first-order valence-corrected chi connectivity index (χ1v) is 9.98. The molecule has 2 heterocycles. The maximum Gasteiger partial charge on any atom is 0.266 e. The molecule has 1 N–H and O–H groups in total. The van der Waals surface area contributed by atoms with E-state index in [4.69, 9.17) is 11.6 Å². The van der Waals surface area contributed by atoms with Gasteiger partial charge in [0.15, 0.2) is 10.9 Å². The van der Waals surface area contributed by atoms with Gasteiger partial charge in [-0.25, -0.2) is 4.98 Å². The lowest BCUT2D eigenvalue weighted by Gasteiger charge is -2.13. The van der Waals surface area contributed by atoms with Crippen LogP contribution in [0.3, 0.4) is 0 Å². The highest BCUT2D eigenvalue weighted by Crippen LogP contribution is 2.24. The number of aromatic amines is 1. The topological polar surface area (TPSA) is 67.8 Å². The summed E-state index contributed by atoms with van der Waals surface area (Å²) in [5, 5.41) is 1.43. The van der Waals surface area contributed by atoms with Crippen molar-refractivity contribution in [3.8, 4) is 5.69 Å². The van der Waals surface area contributed by atoms with Crippen LogP contribution in [0.2, 0.25) is 5.02 Å². The molecule has 0 spiro atoms. The zero-order valence-electron chi connectivity index (χ0n) is 15.0. The SMILES string of the molecule is Cc1cccc(-n2c(SCC(=O)c3ccc[nH]3)nc3cc(Cl)ccc3c2=O)c1. The van der Waals surface area contributed by atoms with Crippen LogP contribution >= 0.6 is 23.4 Å². The summed E-state index contributed by atoms with van der Waals surface area (Å²) in [7, 11) is 0. The van der Waals surface area contributed by atoms with E-state index in [1.807, 2.05) is 31.2 Å². The van der Waals surface area contributed by atoms with Crippen LogP contribution in [0.15, 0.2) is 70.7 Å². The average molecular weight is 410 g/mol. The highest BCUT2D eigenvalue weighted by molar-refractivity contribution is 7.99. The van der Waals surface area contributed by atoms with Gasteiger partial charge in [-0.2, -0.15) is 0 Å². The lowest BCUT2D eigenvalue weighted by Crippen LogP contribution is -2.22. The van der Waals surface area contributed by atoms with Gasteiger partial charge in [0.25, 0.3) is 5.56 Å². The van der Waals surface area contributed by atoms with Gasteiger partial charge in [-0.1, -0.05) is 35.5 Å². The summed E-state index contributed by atoms with van der Waals surface area (Å²) in [6, 6.07) is 16.1. The van der Waals surface area contributed by atoms with E-state index in [-0.39, 0.29) is 17.1 Å². The van der Waals surface area contributed by atoms with Gasteiger partial charge in [0.1, 0.15) is 0 Å². The van der Waals surface area contributed by atoms with Crippen molar-refractivity contribution in [3.63, 3.8) is 0 Å².